The standard InChI is InChI=1S/2C7H10O2S.Ca/c2*1-5(2)6(8)3-4-7(9)10;/h2*1,3-4H2,2H3,(H,9,10);/q;;+2/p-2. The van der Waals surface area contributed by atoms with Gasteiger partial charge in [-0.2, -0.15) is 0 Å². The van der Waals surface area contributed by atoms with Crippen molar-refractivity contribution in [2.75, 3.05) is 0 Å². The van der Waals surface area contributed by atoms with Crippen LogP contribution in [-0.2, 0) is 9.59 Å². The van der Waals surface area contributed by atoms with E-state index in [4.69, 9.17) is 0 Å². The number of carbonyl (C=O) groups is 2. The number of carbonyl (C=O) groups excluding carboxylic acids is 2. The summed E-state index contributed by atoms with van der Waals surface area (Å²) in [4.78, 5) is 21.5. The maximum Gasteiger partial charge on any atom is 2.00 e. The Labute approximate surface area is 166 Å². The smallest absolute Gasteiger partial charge is 0.867 e. The largest absolute Gasteiger partial charge is 2.00 e. The van der Waals surface area contributed by atoms with Gasteiger partial charge in [-0.25, -0.2) is 0 Å². The van der Waals surface area contributed by atoms with Gasteiger partial charge >= 0.3 is 37.7 Å². The number of rotatable bonds is 8. The Morgan fingerprint density at radius 3 is 1.19 bits per heavy atom. The van der Waals surface area contributed by atoms with E-state index in [-0.39, 0.29) is 85.1 Å². The van der Waals surface area contributed by atoms with Gasteiger partial charge in [0.1, 0.15) is 0 Å². The molecule has 0 spiro atoms. The van der Waals surface area contributed by atoms with Gasteiger partial charge in [0.05, 0.1) is 0 Å². The van der Waals surface area contributed by atoms with Crippen molar-refractivity contribution < 1.29 is 19.8 Å². The number of hydrogen-bond donors (Lipinski definition) is 0. The summed E-state index contributed by atoms with van der Waals surface area (Å²) in [5.74, 6) is -0.170. The summed E-state index contributed by atoms with van der Waals surface area (Å²) < 4.78 is 0. The van der Waals surface area contributed by atoms with E-state index in [0.717, 1.165) is 0 Å². The number of allylic oxidation sites excluding steroid dienone is 2. The van der Waals surface area contributed by atoms with Gasteiger partial charge < -0.3 is 10.2 Å². The van der Waals surface area contributed by atoms with Crippen LogP contribution in [0.25, 0.3) is 0 Å². The van der Waals surface area contributed by atoms with Crippen LogP contribution in [0.1, 0.15) is 39.5 Å². The van der Waals surface area contributed by atoms with Gasteiger partial charge in [-0.05, 0) is 37.8 Å². The maximum atomic E-state index is 10.7. The van der Waals surface area contributed by atoms with Gasteiger partial charge in [-0.15, -0.1) is 24.4 Å². The van der Waals surface area contributed by atoms with Crippen molar-refractivity contribution in [2.45, 2.75) is 39.5 Å². The van der Waals surface area contributed by atoms with E-state index < -0.39 is 0 Å². The van der Waals surface area contributed by atoms with Crippen LogP contribution in [0.2, 0.25) is 0 Å². The fraction of sp³-hybridized carbons (Fsp3) is 0.429. The predicted molar refractivity (Wildman–Crippen MR) is 89.1 cm³/mol. The van der Waals surface area contributed by atoms with Crippen LogP contribution in [-0.4, -0.2) is 59.4 Å². The van der Waals surface area contributed by atoms with E-state index in [1.54, 1.807) is 13.8 Å². The van der Waals surface area contributed by atoms with Crippen molar-refractivity contribution in [3.63, 3.8) is 0 Å². The molecule has 21 heavy (non-hydrogen) atoms. The number of thiocarbonyl (C=S) groups is 2. The molecule has 0 saturated heterocycles. The molecule has 0 fully saturated rings. The van der Waals surface area contributed by atoms with E-state index in [0.29, 0.717) is 11.1 Å². The van der Waals surface area contributed by atoms with Crippen molar-refractivity contribution >= 4 is 83.8 Å². The monoisotopic (exact) mass is 354 g/mol. The second-order valence-corrected chi connectivity index (χ2v) is 5.06. The second-order valence-electron chi connectivity index (χ2n) is 4.15. The van der Waals surface area contributed by atoms with Gasteiger partial charge in [-0.1, -0.05) is 23.3 Å². The summed E-state index contributed by atoms with van der Waals surface area (Å²) in [5, 5.41) is 19.7. The summed E-state index contributed by atoms with van der Waals surface area (Å²) >= 11 is 8.53. The summed E-state index contributed by atoms with van der Waals surface area (Å²) in [5.41, 5.74) is 0.965. The van der Waals surface area contributed by atoms with E-state index >= 15 is 0 Å². The SMILES string of the molecule is C=C(C)C(=O)CCC([O-])=S.C=C(C)C(=O)CCC([O-])=S.[Ca+2]. The van der Waals surface area contributed by atoms with E-state index in [1.165, 1.54) is 0 Å². The van der Waals surface area contributed by atoms with Crippen molar-refractivity contribution in [2.24, 2.45) is 0 Å². The van der Waals surface area contributed by atoms with Gasteiger partial charge in [0.25, 0.3) is 0 Å². The average molecular weight is 355 g/mol. The van der Waals surface area contributed by atoms with Crippen molar-refractivity contribution in [3.05, 3.63) is 24.3 Å². The molecule has 0 saturated carbocycles. The first-order valence-corrected chi connectivity index (χ1v) is 6.66. The molecule has 0 aliphatic carbocycles. The van der Waals surface area contributed by atoms with Crippen LogP contribution < -0.4 is 10.2 Å². The molecule has 4 nitrogen and oxygen atoms in total. The molecule has 0 unspecified atom stereocenters. The topological polar surface area (TPSA) is 80.3 Å². The minimum Gasteiger partial charge on any atom is -0.867 e. The van der Waals surface area contributed by atoms with Gasteiger partial charge in [-0.3, -0.25) is 9.59 Å². The molecule has 0 atom stereocenters. The molecule has 0 aromatic carbocycles. The number of ketones is 2. The molecule has 0 heterocycles. The molecule has 7 heteroatoms. The predicted octanol–water partition coefficient (Wildman–Crippen LogP) is 0.818. The van der Waals surface area contributed by atoms with Gasteiger partial charge in [0, 0.05) is 12.8 Å². The van der Waals surface area contributed by atoms with Crippen molar-refractivity contribution in [1.82, 2.24) is 0 Å². The molecular weight excluding hydrogens is 336 g/mol. The number of hydrogen-bond acceptors (Lipinski definition) is 6. The minimum atomic E-state index is -0.366. The van der Waals surface area contributed by atoms with Gasteiger partial charge in [0.15, 0.2) is 11.6 Å². The second kappa shape index (κ2) is 14.8. The van der Waals surface area contributed by atoms with Crippen molar-refractivity contribution in [1.29, 1.82) is 0 Å². The summed E-state index contributed by atoms with van der Waals surface area (Å²) in [6, 6.07) is 0. The fourth-order valence-electron chi connectivity index (χ4n) is 0.858. The average Bonchev–Trinajstić information content (AvgIpc) is 2.33. The summed E-state index contributed by atoms with van der Waals surface area (Å²) in [6.45, 7) is 10.1. The molecule has 0 radical (unpaired) electrons. The Kier molecular flexibility index (Phi) is 18.2. The molecule has 0 aliphatic heterocycles. The van der Waals surface area contributed by atoms with Crippen LogP contribution in [0, 0.1) is 0 Å². The Morgan fingerprint density at radius 2 is 1.05 bits per heavy atom. The number of Topliss-reactive ketones (excluding diaryl/α,β-unsaturated/α-hetero) is 2. The Hall–Kier alpha value is -0.140. The zero-order chi connectivity index (χ0) is 16.3. The first-order chi connectivity index (χ1) is 9.07. The summed E-state index contributed by atoms with van der Waals surface area (Å²) in [7, 11) is 0. The Morgan fingerprint density at radius 1 is 0.810 bits per heavy atom. The molecule has 0 bridgehead atoms. The van der Waals surface area contributed by atoms with Crippen LogP contribution in [0.5, 0.6) is 0 Å². The molecule has 0 aromatic heterocycles. The maximum absolute atomic E-state index is 10.7. The quantitative estimate of drug-likeness (QED) is 0.365. The minimum absolute atomic E-state index is 0. The fourth-order valence-corrected chi connectivity index (χ4v) is 1.06. The first kappa shape index (κ1) is 25.8. The van der Waals surface area contributed by atoms with Crippen molar-refractivity contribution in [3.8, 4) is 0 Å². The normalized spacial score (nSPS) is 8.48. The Bertz CT molecular complexity index is 391. The van der Waals surface area contributed by atoms with Gasteiger partial charge in [0.2, 0.25) is 0 Å². The molecular formula is C14H18CaO4S2. The third-order valence-electron chi connectivity index (χ3n) is 2.06. The van der Waals surface area contributed by atoms with E-state index in [1.807, 2.05) is 0 Å². The molecule has 112 valence electrons. The van der Waals surface area contributed by atoms with Crippen LogP contribution in [0.15, 0.2) is 24.3 Å². The Balaban J connectivity index is -0.000000295. The molecule has 0 rings (SSSR count). The van der Waals surface area contributed by atoms with E-state index in [2.05, 4.69) is 37.6 Å². The summed E-state index contributed by atoms with van der Waals surface area (Å²) in [6.07, 6.45) is 0.720. The molecule has 0 amide bonds. The molecule has 0 N–H and O–H groups in total. The zero-order valence-corrected chi connectivity index (χ0v) is 16.2. The van der Waals surface area contributed by atoms with Crippen LogP contribution >= 0.6 is 24.4 Å². The zero-order valence-electron chi connectivity index (χ0n) is 12.4. The van der Waals surface area contributed by atoms with Crippen LogP contribution in [0.4, 0.5) is 0 Å². The molecule has 0 aromatic rings. The third-order valence-corrected chi connectivity index (χ3v) is 2.47. The molecule has 0 aliphatic rings. The van der Waals surface area contributed by atoms with Crippen LogP contribution in [0.3, 0.4) is 0 Å². The first-order valence-electron chi connectivity index (χ1n) is 5.85. The van der Waals surface area contributed by atoms with E-state index in [9.17, 15) is 19.8 Å². The third kappa shape index (κ3) is 19.9.